The fraction of sp³-hybridized carbons (Fsp3) is 0.143. The predicted octanol–water partition coefficient (Wildman–Crippen LogP) is 2.34. The third-order valence-corrected chi connectivity index (χ3v) is 1.44. The molecule has 0 unspecified atom stereocenters. The van der Waals surface area contributed by atoms with Crippen LogP contribution in [0.25, 0.3) is 0 Å². The summed E-state index contributed by atoms with van der Waals surface area (Å²) in [4.78, 5) is 0. The van der Waals surface area contributed by atoms with E-state index in [0.717, 1.165) is 5.56 Å². The van der Waals surface area contributed by atoms with Gasteiger partial charge in [-0.2, -0.15) is 4.58 Å². The van der Waals surface area contributed by atoms with E-state index in [1.54, 1.807) is 12.1 Å². The molecule has 54 valence electrons. The minimum Gasteiger partial charge on any atom is -0.273 e. The summed E-state index contributed by atoms with van der Waals surface area (Å²) in [6.07, 6.45) is 0. The van der Waals surface area contributed by atoms with Gasteiger partial charge in [0.05, 0.1) is 5.69 Å². The maximum atomic E-state index is 8.71. The first-order valence-electron chi connectivity index (χ1n) is 2.91. The summed E-state index contributed by atoms with van der Waals surface area (Å²) in [5.74, 6) is 0. The summed E-state index contributed by atoms with van der Waals surface area (Å²) < 4.78 is 0.569. The van der Waals surface area contributed by atoms with Crippen LogP contribution < -0.4 is 4.58 Å². The summed E-state index contributed by atoms with van der Waals surface area (Å²) in [7, 11) is 0. The van der Waals surface area contributed by atoms with Crippen LogP contribution in [0.1, 0.15) is 5.56 Å². The fourth-order valence-electron chi connectivity index (χ4n) is 0.668. The Balaban J connectivity index is 2.89. The van der Waals surface area contributed by atoms with Gasteiger partial charge in [0.25, 0.3) is 0 Å². The lowest BCUT2D eigenvalue weighted by Crippen LogP contribution is -2.00. The molecule has 1 aromatic carbocycles. The van der Waals surface area contributed by atoms with E-state index < -0.39 is 0 Å². The zero-order chi connectivity index (χ0) is 7.56. The number of benzene rings is 1. The van der Waals surface area contributed by atoms with E-state index in [1.165, 1.54) is 0 Å². The van der Waals surface area contributed by atoms with Gasteiger partial charge in [0.2, 0.25) is 0 Å². The Bertz CT molecular complexity index is 207. The molecule has 0 heterocycles. The van der Waals surface area contributed by atoms with E-state index in [-0.39, 0.29) is 0 Å². The SMILES string of the molecule is Cc1ccc(N(O)Cl)cc1. The van der Waals surface area contributed by atoms with Gasteiger partial charge in [-0.05, 0) is 19.1 Å². The van der Waals surface area contributed by atoms with Gasteiger partial charge in [-0.3, -0.25) is 5.21 Å². The van der Waals surface area contributed by atoms with Crippen LogP contribution in [0.3, 0.4) is 0 Å². The monoisotopic (exact) mass is 157 g/mol. The van der Waals surface area contributed by atoms with Gasteiger partial charge in [-0.15, -0.1) is 0 Å². The molecule has 0 aromatic heterocycles. The van der Waals surface area contributed by atoms with Crippen LogP contribution in [0.4, 0.5) is 5.69 Å². The first kappa shape index (κ1) is 7.38. The highest BCUT2D eigenvalue weighted by Crippen LogP contribution is 2.13. The van der Waals surface area contributed by atoms with E-state index in [9.17, 15) is 0 Å². The second-order valence-corrected chi connectivity index (χ2v) is 2.42. The Morgan fingerprint density at radius 1 is 1.30 bits per heavy atom. The Morgan fingerprint density at radius 2 is 1.80 bits per heavy atom. The molecule has 10 heavy (non-hydrogen) atoms. The lowest BCUT2D eigenvalue weighted by Gasteiger charge is -2.05. The van der Waals surface area contributed by atoms with Crippen LogP contribution in [0.2, 0.25) is 0 Å². The highest BCUT2D eigenvalue weighted by atomic mass is 35.5. The molecule has 0 radical (unpaired) electrons. The van der Waals surface area contributed by atoms with Crippen LogP contribution in [0.5, 0.6) is 0 Å². The molecular formula is C7H8ClNO. The summed E-state index contributed by atoms with van der Waals surface area (Å²) in [6.45, 7) is 1.97. The van der Waals surface area contributed by atoms with Crippen molar-refractivity contribution in [1.29, 1.82) is 0 Å². The van der Waals surface area contributed by atoms with Crippen molar-refractivity contribution < 1.29 is 5.21 Å². The van der Waals surface area contributed by atoms with Gasteiger partial charge >= 0.3 is 0 Å². The Morgan fingerprint density at radius 3 is 2.20 bits per heavy atom. The van der Waals surface area contributed by atoms with Crippen molar-refractivity contribution in [2.75, 3.05) is 4.58 Å². The number of aryl methyl sites for hydroxylation is 1. The van der Waals surface area contributed by atoms with Crippen molar-refractivity contribution in [3.8, 4) is 0 Å². The summed E-state index contributed by atoms with van der Waals surface area (Å²) >= 11 is 5.24. The van der Waals surface area contributed by atoms with Crippen LogP contribution in [0, 0.1) is 6.92 Å². The zero-order valence-corrected chi connectivity index (χ0v) is 6.34. The first-order chi connectivity index (χ1) is 4.70. The number of rotatable bonds is 1. The molecule has 0 aliphatic heterocycles. The van der Waals surface area contributed by atoms with Crippen LogP contribution in [-0.2, 0) is 0 Å². The predicted molar refractivity (Wildman–Crippen MR) is 41.3 cm³/mol. The van der Waals surface area contributed by atoms with Crippen molar-refractivity contribution in [2.24, 2.45) is 0 Å². The van der Waals surface area contributed by atoms with Crippen molar-refractivity contribution in [3.05, 3.63) is 29.8 Å². The third kappa shape index (κ3) is 1.62. The molecule has 1 N–H and O–H groups in total. The molecule has 0 aliphatic rings. The van der Waals surface area contributed by atoms with E-state index in [2.05, 4.69) is 0 Å². The van der Waals surface area contributed by atoms with E-state index >= 15 is 0 Å². The standard InChI is InChI=1S/C7H8ClNO/c1-6-2-4-7(5-3-6)9(8)10/h2-5,10H,1H3. The molecule has 2 nitrogen and oxygen atoms in total. The van der Waals surface area contributed by atoms with Crippen LogP contribution in [-0.4, -0.2) is 5.21 Å². The van der Waals surface area contributed by atoms with Crippen molar-refractivity contribution in [3.63, 3.8) is 0 Å². The fourth-order valence-corrected chi connectivity index (χ4v) is 0.780. The molecule has 0 saturated carbocycles. The van der Waals surface area contributed by atoms with Crippen molar-refractivity contribution >= 4 is 17.5 Å². The smallest absolute Gasteiger partial charge is 0.0824 e. The largest absolute Gasteiger partial charge is 0.273 e. The van der Waals surface area contributed by atoms with Gasteiger partial charge in [-0.25, -0.2) is 0 Å². The topological polar surface area (TPSA) is 23.5 Å². The molecule has 0 aliphatic carbocycles. The first-order valence-corrected chi connectivity index (χ1v) is 3.25. The quantitative estimate of drug-likeness (QED) is 0.500. The molecule has 1 aromatic rings. The van der Waals surface area contributed by atoms with E-state index in [4.69, 9.17) is 17.0 Å². The number of hydrogen-bond donors (Lipinski definition) is 1. The van der Waals surface area contributed by atoms with Gasteiger partial charge in [0.15, 0.2) is 0 Å². The molecule has 0 spiro atoms. The van der Waals surface area contributed by atoms with Crippen LogP contribution >= 0.6 is 11.8 Å². The highest BCUT2D eigenvalue weighted by Gasteiger charge is 1.95. The third-order valence-electron chi connectivity index (χ3n) is 1.25. The molecule has 0 saturated heterocycles. The number of halogens is 1. The molecular weight excluding hydrogens is 150 g/mol. The zero-order valence-electron chi connectivity index (χ0n) is 5.58. The van der Waals surface area contributed by atoms with Crippen LogP contribution in [0.15, 0.2) is 24.3 Å². The van der Waals surface area contributed by atoms with Gasteiger partial charge < -0.3 is 0 Å². The lowest BCUT2D eigenvalue weighted by atomic mass is 10.2. The van der Waals surface area contributed by atoms with Gasteiger partial charge in [-0.1, -0.05) is 17.7 Å². The van der Waals surface area contributed by atoms with Crippen molar-refractivity contribution in [1.82, 2.24) is 0 Å². The number of hydrogen-bond acceptors (Lipinski definition) is 2. The molecule has 0 fully saturated rings. The molecule has 1 rings (SSSR count). The minimum absolute atomic E-state index is 0.569. The maximum Gasteiger partial charge on any atom is 0.0824 e. The highest BCUT2D eigenvalue weighted by molar-refractivity contribution is 6.23. The second-order valence-electron chi connectivity index (χ2n) is 2.10. The molecule has 0 amide bonds. The molecule has 0 atom stereocenters. The lowest BCUT2D eigenvalue weighted by molar-refractivity contribution is 0.326. The Kier molecular flexibility index (Phi) is 2.14. The molecule has 3 heteroatoms. The average molecular weight is 158 g/mol. The van der Waals surface area contributed by atoms with Crippen molar-refractivity contribution in [2.45, 2.75) is 6.92 Å². The number of anilines is 1. The van der Waals surface area contributed by atoms with Gasteiger partial charge in [0.1, 0.15) is 0 Å². The Labute approximate surface area is 64.7 Å². The normalized spacial score (nSPS) is 9.50. The Hall–Kier alpha value is -0.730. The van der Waals surface area contributed by atoms with E-state index in [0.29, 0.717) is 10.3 Å². The summed E-state index contributed by atoms with van der Waals surface area (Å²) in [5.41, 5.74) is 1.72. The number of nitrogens with zero attached hydrogens (tertiary/aromatic N) is 1. The molecule has 0 bridgehead atoms. The maximum absolute atomic E-state index is 8.71. The minimum atomic E-state index is 0.569. The average Bonchev–Trinajstić information content (AvgIpc) is 1.88. The van der Waals surface area contributed by atoms with Gasteiger partial charge in [0, 0.05) is 11.8 Å². The summed E-state index contributed by atoms with van der Waals surface area (Å²) in [6, 6.07) is 7.23. The second kappa shape index (κ2) is 2.90. The summed E-state index contributed by atoms with van der Waals surface area (Å²) in [5, 5.41) is 8.71. The van der Waals surface area contributed by atoms with E-state index in [1.807, 2.05) is 19.1 Å².